The zero-order valence-corrected chi connectivity index (χ0v) is 15.3. The van der Waals surface area contributed by atoms with Crippen molar-refractivity contribution in [1.29, 1.82) is 0 Å². The zero-order valence-electron chi connectivity index (χ0n) is 14.5. The quantitative estimate of drug-likeness (QED) is 0.835. The molecule has 7 heteroatoms. The number of sulfone groups is 1. The molecular formula is C18H22N2O4S. The van der Waals surface area contributed by atoms with Crippen LogP contribution < -0.4 is 0 Å². The van der Waals surface area contributed by atoms with E-state index < -0.39 is 9.84 Å². The van der Waals surface area contributed by atoms with Gasteiger partial charge < -0.3 is 9.26 Å². The van der Waals surface area contributed by atoms with Gasteiger partial charge in [-0.2, -0.15) is 4.98 Å². The highest BCUT2D eigenvalue weighted by Gasteiger charge is 2.30. The molecule has 1 saturated heterocycles. The summed E-state index contributed by atoms with van der Waals surface area (Å²) in [6.45, 7) is 4.22. The Morgan fingerprint density at radius 2 is 2.16 bits per heavy atom. The van der Waals surface area contributed by atoms with Gasteiger partial charge in [0.25, 0.3) is 5.89 Å². The fourth-order valence-corrected chi connectivity index (χ4v) is 5.24. The first-order valence-corrected chi connectivity index (χ1v) is 10.3. The number of nitrogens with zero attached hydrogens (tertiary/aromatic N) is 2. The first-order chi connectivity index (χ1) is 11.8. The highest BCUT2D eigenvalue weighted by atomic mass is 32.2. The van der Waals surface area contributed by atoms with E-state index in [1.807, 2.05) is 6.07 Å². The minimum absolute atomic E-state index is 0.0963. The number of fused-ring (bicyclic) bond motifs is 1. The van der Waals surface area contributed by atoms with Gasteiger partial charge in [0, 0.05) is 12.0 Å². The molecule has 0 radical (unpaired) electrons. The summed E-state index contributed by atoms with van der Waals surface area (Å²) in [6, 6.07) is 5.22. The van der Waals surface area contributed by atoms with Crippen LogP contribution in [0.4, 0.5) is 0 Å². The van der Waals surface area contributed by atoms with Crippen LogP contribution in [-0.2, 0) is 27.4 Å². The van der Waals surface area contributed by atoms with Gasteiger partial charge in [0.1, 0.15) is 0 Å². The van der Waals surface area contributed by atoms with Gasteiger partial charge in [-0.05, 0) is 63.3 Å². The molecule has 0 bridgehead atoms. The average molecular weight is 362 g/mol. The van der Waals surface area contributed by atoms with Crippen LogP contribution in [-0.4, -0.2) is 36.0 Å². The summed E-state index contributed by atoms with van der Waals surface area (Å²) in [5, 5.41) is 4.07. The number of hydrogen-bond donors (Lipinski definition) is 0. The molecule has 0 saturated carbocycles. The largest absolute Gasteiger partial charge is 0.372 e. The Kier molecular flexibility index (Phi) is 3.96. The Bertz CT molecular complexity index is 902. The SMILES string of the molecule is CC1(C)CCCC(Cc2noc(-c3ccc4c(c3)CCS4(=O)=O)n2)O1. The molecular weight excluding hydrogens is 340 g/mol. The summed E-state index contributed by atoms with van der Waals surface area (Å²) in [7, 11) is -3.11. The van der Waals surface area contributed by atoms with Gasteiger partial charge in [0.2, 0.25) is 0 Å². The molecule has 25 heavy (non-hydrogen) atoms. The summed E-state index contributed by atoms with van der Waals surface area (Å²) in [5.74, 6) is 1.23. The highest BCUT2D eigenvalue weighted by molar-refractivity contribution is 7.91. The number of rotatable bonds is 3. The van der Waals surface area contributed by atoms with Crippen molar-refractivity contribution in [2.45, 2.75) is 62.6 Å². The second kappa shape index (κ2) is 5.92. The molecule has 3 heterocycles. The third-order valence-electron chi connectivity index (χ3n) is 4.95. The predicted octanol–water partition coefficient (Wildman–Crippen LogP) is 2.96. The first-order valence-electron chi connectivity index (χ1n) is 8.69. The Morgan fingerprint density at radius 3 is 2.96 bits per heavy atom. The van der Waals surface area contributed by atoms with Crippen LogP contribution in [0.2, 0.25) is 0 Å². The first kappa shape index (κ1) is 16.7. The molecule has 134 valence electrons. The Hall–Kier alpha value is -1.73. The second-order valence-electron chi connectivity index (χ2n) is 7.50. The van der Waals surface area contributed by atoms with Crippen molar-refractivity contribution >= 4 is 9.84 Å². The van der Waals surface area contributed by atoms with Gasteiger partial charge >= 0.3 is 0 Å². The minimum atomic E-state index is -3.11. The fraction of sp³-hybridized carbons (Fsp3) is 0.556. The van der Waals surface area contributed by atoms with Crippen LogP contribution in [0.3, 0.4) is 0 Å². The molecule has 4 rings (SSSR count). The monoisotopic (exact) mass is 362 g/mol. The molecule has 0 amide bonds. The zero-order chi connectivity index (χ0) is 17.7. The standard InChI is InChI=1S/C18H22N2O4S/c1-18(2)8-3-4-14(23-18)11-16-19-17(24-20-16)13-5-6-15-12(10-13)7-9-25(15,21)22/h5-6,10,14H,3-4,7-9,11H2,1-2H3. The minimum Gasteiger partial charge on any atom is -0.372 e. The Labute approximate surface area is 147 Å². The molecule has 2 aromatic rings. The lowest BCUT2D eigenvalue weighted by atomic mass is 9.94. The number of hydrogen-bond acceptors (Lipinski definition) is 6. The van der Waals surface area contributed by atoms with Gasteiger partial charge in [-0.15, -0.1) is 0 Å². The lowest BCUT2D eigenvalue weighted by molar-refractivity contribution is -0.106. The fourth-order valence-electron chi connectivity index (χ4n) is 3.69. The molecule has 0 spiro atoms. The van der Waals surface area contributed by atoms with E-state index in [-0.39, 0.29) is 17.5 Å². The van der Waals surface area contributed by atoms with Crippen molar-refractivity contribution in [3.8, 4) is 11.5 Å². The number of benzene rings is 1. The van der Waals surface area contributed by atoms with Crippen molar-refractivity contribution in [3.05, 3.63) is 29.6 Å². The van der Waals surface area contributed by atoms with Gasteiger partial charge in [0.05, 0.1) is 22.4 Å². The number of aromatic nitrogens is 2. The van der Waals surface area contributed by atoms with Crippen LogP contribution >= 0.6 is 0 Å². The van der Waals surface area contributed by atoms with Crippen molar-refractivity contribution in [3.63, 3.8) is 0 Å². The second-order valence-corrected chi connectivity index (χ2v) is 9.58. The molecule has 1 atom stereocenters. The summed E-state index contributed by atoms with van der Waals surface area (Å²) >= 11 is 0. The summed E-state index contributed by atoms with van der Waals surface area (Å²) in [4.78, 5) is 4.90. The maximum atomic E-state index is 11.9. The molecule has 1 aromatic carbocycles. The number of ether oxygens (including phenoxy) is 1. The molecule has 2 aliphatic heterocycles. The normalized spacial score (nSPS) is 24.2. The molecule has 1 aromatic heterocycles. The highest BCUT2D eigenvalue weighted by Crippen LogP contribution is 2.31. The van der Waals surface area contributed by atoms with Crippen molar-refractivity contribution < 1.29 is 17.7 Å². The van der Waals surface area contributed by atoms with Crippen LogP contribution in [0.15, 0.2) is 27.6 Å². The third-order valence-corrected chi connectivity index (χ3v) is 6.76. The van der Waals surface area contributed by atoms with Crippen LogP contribution in [0.25, 0.3) is 11.5 Å². The molecule has 0 aliphatic carbocycles. The lowest BCUT2D eigenvalue weighted by Crippen LogP contribution is -2.36. The van der Waals surface area contributed by atoms with E-state index in [1.165, 1.54) is 0 Å². The Morgan fingerprint density at radius 1 is 1.32 bits per heavy atom. The predicted molar refractivity (Wildman–Crippen MR) is 92.0 cm³/mol. The van der Waals surface area contributed by atoms with Gasteiger partial charge in [0.15, 0.2) is 15.7 Å². The summed E-state index contributed by atoms with van der Waals surface area (Å²) in [5.41, 5.74) is 1.50. The molecule has 2 aliphatic rings. The topological polar surface area (TPSA) is 82.3 Å². The maximum Gasteiger partial charge on any atom is 0.257 e. The average Bonchev–Trinajstić information content (AvgIpc) is 3.11. The van der Waals surface area contributed by atoms with Crippen molar-refractivity contribution in [1.82, 2.24) is 10.1 Å². The summed E-state index contributed by atoms with van der Waals surface area (Å²) < 4.78 is 35.3. The van der Waals surface area contributed by atoms with Crippen molar-refractivity contribution in [2.24, 2.45) is 0 Å². The van der Waals surface area contributed by atoms with E-state index in [0.29, 0.717) is 29.5 Å². The molecule has 0 N–H and O–H groups in total. The van der Waals surface area contributed by atoms with Gasteiger partial charge in [-0.1, -0.05) is 5.16 Å². The smallest absolute Gasteiger partial charge is 0.257 e. The van der Waals surface area contributed by atoms with E-state index in [9.17, 15) is 8.42 Å². The van der Waals surface area contributed by atoms with E-state index in [2.05, 4.69) is 24.0 Å². The van der Waals surface area contributed by atoms with Gasteiger partial charge in [-0.25, -0.2) is 8.42 Å². The third kappa shape index (κ3) is 3.35. The maximum absolute atomic E-state index is 11.9. The van der Waals surface area contributed by atoms with Crippen LogP contribution in [0.1, 0.15) is 44.5 Å². The molecule has 6 nitrogen and oxygen atoms in total. The van der Waals surface area contributed by atoms with Gasteiger partial charge in [-0.3, -0.25) is 0 Å². The Balaban J connectivity index is 1.52. The van der Waals surface area contributed by atoms with Crippen molar-refractivity contribution in [2.75, 3.05) is 5.75 Å². The molecule has 1 unspecified atom stereocenters. The van der Waals surface area contributed by atoms with Crippen LogP contribution in [0, 0.1) is 0 Å². The summed E-state index contributed by atoms with van der Waals surface area (Å²) in [6.07, 6.45) is 4.49. The van der Waals surface area contributed by atoms with E-state index >= 15 is 0 Å². The lowest BCUT2D eigenvalue weighted by Gasteiger charge is -2.35. The van der Waals surface area contributed by atoms with E-state index in [4.69, 9.17) is 9.26 Å². The molecule has 1 fully saturated rings. The number of aryl methyl sites for hydroxylation is 1. The van der Waals surface area contributed by atoms with Crippen LogP contribution in [0.5, 0.6) is 0 Å². The van der Waals surface area contributed by atoms with E-state index in [1.54, 1.807) is 12.1 Å². The van der Waals surface area contributed by atoms with E-state index in [0.717, 1.165) is 30.4 Å².